The second-order valence-electron chi connectivity index (χ2n) is 5.53. The third-order valence-electron chi connectivity index (χ3n) is 3.10. The molecule has 2 unspecified atom stereocenters. The normalized spacial score (nSPS) is 30.5. The zero-order valence-corrected chi connectivity index (χ0v) is 9.82. The van der Waals surface area contributed by atoms with Crippen LogP contribution < -0.4 is 0 Å². The first-order chi connectivity index (χ1) is 6.97. The Morgan fingerprint density at radius 1 is 1.27 bits per heavy atom. The fourth-order valence-corrected chi connectivity index (χ4v) is 2.52. The van der Waals surface area contributed by atoms with E-state index in [0.717, 1.165) is 25.7 Å². The fourth-order valence-electron chi connectivity index (χ4n) is 2.52. The van der Waals surface area contributed by atoms with Gasteiger partial charge in [-0.25, -0.2) is 4.79 Å². The Morgan fingerprint density at radius 3 is 2.27 bits per heavy atom. The fraction of sp³-hybridized carbons (Fsp3) is 0.833. The molecule has 2 bridgehead atoms. The Bertz CT molecular complexity index is 241. The molecule has 0 aromatic carbocycles. The van der Waals surface area contributed by atoms with Crippen molar-refractivity contribution < 1.29 is 9.53 Å². The summed E-state index contributed by atoms with van der Waals surface area (Å²) < 4.78 is 5.43. The van der Waals surface area contributed by atoms with Gasteiger partial charge in [-0.2, -0.15) is 0 Å². The number of amides is 1. The second-order valence-corrected chi connectivity index (χ2v) is 5.53. The molecule has 3 heteroatoms. The molecule has 15 heavy (non-hydrogen) atoms. The van der Waals surface area contributed by atoms with E-state index in [-0.39, 0.29) is 11.7 Å². The van der Waals surface area contributed by atoms with Crippen molar-refractivity contribution in [1.29, 1.82) is 0 Å². The van der Waals surface area contributed by atoms with Crippen LogP contribution in [-0.2, 0) is 4.74 Å². The highest BCUT2D eigenvalue weighted by atomic mass is 16.6. The van der Waals surface area contributed by atoms with Gasteiger partial charge in [-0.1, -0.05) is 0 Å². The Balaban J connectivity index is 2.01. The van der Waals surface area contributed by atoms with Gasteiger partial charge in [0.25, 0.3) is 0 Å². The highest BCUT2D eigenvalue weighted by Crippen LogP contribution is 2.35. The first kappa shape index (κ1) is 10.8. The van der Waals surface area contributed by atoms with E-state index in [1.807, 2.05) is 25.7 Å². The Hall–Kier alpha value is -0.730. The quantitative estimate of drug-likeness (QED) is 0.615. The van der Waals surface area contributed by atoms with Crippen molar-refractivity contribution in [3.63, 3.8) is 0 Å². The standard InChI is InChI=1S/C12H20NO2/c1-12(2,3)15-11(14)13-9-5-4-6-10(13)8-7-9/h4,9-10H,5-8H2,1-3H3. The van der Waals surface area contributed by atoms with E-state index in [1.165, 1.54) is 0 Å². The summed E-state index contributed by atoms with van der Waals surface area (Å²) in [6.45, 7) is 5.76. The molecule has 2 saturated heterocycles. The zero-order valence-electron chi connectivity index (χ0n) is 9.82. The van der Waals surface area contributed by atoms with Crippen LogP contribution in [0.15, 0.2) is 0 Å². The van der Waals surface area contributed by atoms with Crippen LogP contribution in [0, 0.1) is 6.42 Å². The summed E-state index contributed by atoms with van der Waals surface area (Å²) >= 11 is 0. The minimum atomic E-state index is -0.377. The average Bonchev–Trinajstić information content (AvgIpc) is 2.34. The van der Waals surface area contributed by atoms with Gasteiger partial charge in [0, 0.05) is 12.1 Å². The Morgan fingerprint density at radius 2 is 1.80 bits per heavy atom. The summed E-state index contributed by atoms with van der Waals surface area (Å²) in [5.74, 6) is 0. The van der Waals surface area contributed by atoms with Crippen LogP contribution in [0.25, 0.3) is 0 Å². The van der Waals surface area contributed by atoms with Crippen LogP contribution >= 0.6 is 0 Å². The Kier molecular flexibility index (Phi) is 2.65. The highest BCUT2D eigenvalue weighted by Gasteiger charge is 2.41. The van der Waals surface area contributed by atoms with Crippen molar-refractivity contribution in [2.24, 2.45) is 0 Å². The molecule has 2 atom stereocenters. The first-order valence-corrected chi connectivity index (χ1v) is 5.80. The highest BCUT2D eigenvalue weighted by molar-refractivity contribution is 5.69. The topological polar surface area (TPSA) is 29.5 Å². The Labute approximate surface area is 91.8 Å². The van der Waals surface area contributed by atoms with E-state index in [2.05, 4.69) is 6.42 Å². The van der Waals surface area contributed by atoms with Crippen molar-refractivity contribution in [2.45, 2.75) is 64.1 Å². The summed E-state index contributed by atoms with van der Waals surface area (Å²) in [4.78, 5) is 13.9. The minimum Gasteiger partial charge on any atom is -0.444 e. The molecule has 2 rings (SSSR count). The maximum Gasteiger partial charge on any atom is 0.410 e. The van der Waals surface area contributed by atoms with Crippen molar-refractivity contribution in [2.75, 3.05) is 0 Å². The molecule has 0 spiro atoms. The summed E-state index contributed by atoms with van der Waals surface area (Å²) in [6.07, 6.45) is 6.54. The van der Waals surface area contributed by atoms with Gasteiger partial charge in [0.2, 0.25) is 0 Å². The van der Waals surface area contributed by atoms with Gasteiger partial charge in [0.1, 0.15) is 5.60 Å². The number of fused-ring (bicyclic) bond motifs is 2. The summed E-state index contributed by atoms with van der Waals surface area (Å²) in [5, 5.41) is 0. The van der Waals surface area contributed by atoms with Crippen molar-refractivity contribution in [1.82, 2.24) is 4.90 Å². The lowest BCUT2D eigenvalue weighted by atomic mass is 10.0. The molecular formula is C12H20NO2. The van der Waals surface area contributed by atoms with Gasteiger partial charge in [-0.3, -0.25) is 0 Å². The van der Waals surface area contributed by atoms with Crippen LogP contribution in [0.3, 0.4) is 0 Å². The van der Waals surface area contributed by atoms with Crippen molar-refractivity contribution >= 4 is 6.09 Å². The average molecular weight is 210 g/mol. The van der Waals surface area contributed by atoms with Gasteiger partial charge in [0.15, 0.2) is 0 Å². The van der Waals surface area contributed by atoms with Gasteiger partial charge < -0.3 is 9.64 Å². The predicted octanol–water partition coefficient (Wildman–Crippen LogP) is 2.75. The van der Waals surface area contributed by atoms with Gasteiger partial charge >= 0.3 is 6.09 Å². The number of carbonyl (C=O) groups excluding carboxylic acids is 1. The van der Waals surface area contributed by atoms with E-state index >= 15 is 0 Å². The van der Waals surface area contributed by atoms with E-state index in [4.69, 9.17) is 4.74 Å². The SMILES string of the molecule is CC(C)(C)OC(=O)N1C2C[CH]CC1CC2. The van der Waals surface area contributed by atoms with E-state index < -0.39 is 0 Å². The number of nitrogens with zero attached hydrogens (tertiary/aromatic N) is 1. The molecule has 0 aromatic heterocycles. The van der Waals surface area contributed by atoms with E-state index in [1.54, 1.807) is 0 Å². The minimum absolute atomic E-state index is 0.122. The van der Waals surface area contributed by atoms with E-state index in [0.29, 0.717) is 12.1 Å². The van der Waals surface area contributed by atoms with Gasteiger partial charge in [-0.15, -0.1) is 0 Å². The number of carbonyl (C=O) groups is 1. The molecule has 1 radical (unpaired) electrons. The second kappa shape index (κ2) is 3.69. The smallest absolute Gasteiger partial charge is 0.410 e. The molecule has 0 saturated carbocycles. The van der Waals surface area contributed by atoms with Crippen molar-refractivity contribution in [3.05, 3.63) is 6.42 Å². The van der Waals surface area contributed by atoms with Crippen LogP contribution in [0.1, 0.15) is 46.5 Å². The van der Waals surface area contributed by atoms with Crippen LogP contribution in [0.2, 0.25) is 0 Å². The molecule has 0 aromatic rings. The summed E-state index contributed by atoms with van der Waals surface area (Å²) in [6, 6.07) is 0.803. The molecule has 1 amide bonds. The molecule has 85 valence electrons. The summed E-state index contributed by atoms with van der Waals surface area (Å²) in [5.41, 5.74) is -0.377. The number of ether oxygens (including phenoxy) is 1. The van der Waals surface area contributed by atoms with Gasteiger partial charge in [-0.05, 0) is 52.9 Å². The van der Waals surface area contributed by atoms with Crippen LogP contribution in [0.4, 0.5) is 4.79 Å². The third-order valence-corrected chi connectivity index (χ3v) is 3.10. The molecule has 2 aliphatic rings. The van der Waals surface area contributed by atoms with Crippen LogP contribution in [-0.4, -0.2) is 28.7 Å². The monoisotopic (exact) mass is 210 g/mol. The number of rotatable bonds is 0. The first-order valence-electron chi connectivity index (χ1n) is 5.80. The predicted molar refractivity (Wildman–Crippen MR) is 58.4 cm³/mol. The van der Waals surface area contributed by atoms with Crippen LogP contribution in [0.5, 0.6) is 0 Å². The molecule has 0 aliphatic carbocycles. The summed E-state index contributed by atoms with van der Waals surface area (Å²) in [7, 11) is 0. The number of hydrogen-bond donors (Lipinski definition) is 0. The third kappa shape index (κ3) is 2.27. The van der Waals surface area contributed by atoms with Crippen molar-refractivity contribution in [3.8, 4) is 0 Å². The lowest BCUT2D eigenvalue weighted by Crippen LogP contribution is -2.46. The molecule has 2 fully saturated rings. The zero-order chi connectivity index (χ0) is 11.1. The number of piperidine rings is 1. The molecular weight excluding hydrogens is 190 g/mol. The van der Waals surface area contributed by atoms with Gasteiger partial charge in [0.05, 0.1) is 0 Å². The lowest BCUT2D eigenvalue weighted by molar-refractivity contribution is 0.0112. The van der Waals surface area contributed by atoms with E-state index in [9.17, 15) is 4.79 Å². The number of hydrogen-bond acceptors (Lipinski definition) is 2. The maximum absolute atomic E-state index is 12.0. The molecule has 0 N–H and O–H groups in total. The maximum atomic E-state index is 12.0. The largest absolute Gasteiger partial charge is 0.444 e. The molecule has 3 nitrogen and oxygen atoms in total. The molecule has 2 heterocycles. The molecule has 2 aliphatic heterocycles. The lowest BCUT2D eigenvalue weighted by Gasteiger charge is -2.35.